The summed E-state index contributed by atoms with van der Waals surface area (Å²) in [5, 5.41) is 42.2. The fourth-order valence-corrected chi connectivity index (χ4v) is 12.8. The van der Waals surface area contributed by atoms with Crippen molar-refractivity contribution in [1.29, 1.82) is 5.26 Å². The number of nitriles is 1. The minimum atomic E-state index is -0.820. The third-order valence-electron chi connectivity index (χ3n) is 20.1. The molecule has 0 radical (unpaired) electrons. The van der Waals surface area contributed by atoms with Crippen LogP contribution in [0.1, 0.15) is 363 Å². The van der Waals surface area contributed by atoms with Crippen LogP contribution < -0.4 is 0 Å². The van der Waals surface area contributed by atoms with Crippen molar-refractivity contribution in [3.05, 3.63) is 126 Å². The molecule has 118 heavy (non-hydrogen) atoms. The molecule has 1 unspecified atom stereocenters. The second kappa shape index (κ2) is 49.6. The maximum atomic E-state index is 13.0. The van der Waals surface area contributed by atoms with Gasteiger partial charge in [0.15, 0.2) is 0 Å². The maximum Gasteiger partial charge on any atom is 0.348 e. The summed E-state index contributed by atoms with van der Waals surface area (Å²) in [5.41, 5.74) is 1.30. The molecule has 20 heteroatoms. The van der Waals surface area contributed by atoms with Gasteiger partial charge in [-0.2, -0.15) is 5.26 Å². The topological polar surface area (TPSA) is 277 Å². The molecule has 3 aromatic carbocycles. The summed E-state index contributed by atoms with van der Waals surface area (Å²) in [6, 6.07) is 12.5. The molecule has 3 N–H and O–H groups in total. The number of carbonyl (C=O) groups is 7. The molecule has 3 rings (SSSR count). The molecule has 0 amide bonds. The van der Waals surface area contributed by atoms with Crippen LogP contribution in [0.15, 0.2) is 53.4 Å². The molecular formula is C98H147N3O17. The first-order valence-electron chi connectivity index (χ1n) is 42.8. The van der Waals surface area contributed by atoms with E-state index in [0.717, 1.165) is 24.0 Å². The Morgan fingerprint density at radius 2 is 0.636 bits per heavy atom. The van der Waals surface area contributed by atoms with E-state index in [4.69, 9.17) is 46.3 Å². The van der Waals surface area contributed by atoms with Crippen LogP contribution in [0.2, 0.25) is 0 Å². The molecule has 0 aliphatic rings. The Kier molecular flexibility index (Phi) is 44.1. The predicted octanol–water partition coefficient (Wildman–Crippen LogP) is 23.3. The van der Waals surface area contributed by atoms with E-state index < -0.39 is 56.9 Å². The van der Waals surface area contributed by atoms with E-state index in [0.29, 0.717) is 77.2 Å². The minimum Gasteiger partial charge on any atom is -0.507 e. The molecule has 0 aliphatic heterocycles. The molecule has 20 nitrogen and oxygen atoms in total. The van der Waals surface area contributed by atoms with Crippen molar-refractivity contribution < 1.29 is 82.0 Å². The minimum absolute atomic E-state index is 0.0406. The first-order valence-corrected chi connectivity index (χ1v) is 42.8. The summed E-state index contributed by atoms with van der Waals surface area (Å²) in [6.07, 6.45) is 27.0. The zero-order valence-electron chi connectivity index (χ0n) is 76.6. The van der Waals surface area contributed by atoms with Crippen molar-refractivity contribution in [2.24, 2.45) is 22.2 Å². The molecule has 0 aromatic heterocycles. The van der Waals surface area contributed by atoms with Gasteiger partial charge in [-0.05, 0) is 155 Å². The van der Waals surface area contributed by atoms with Crippen LogP contribution in [-0.4, -0.2) is 103 Å². The van der Waals surface area contributed by atoms with Crippen LogP contribution in [0.3, 0.4) is 0 Å². The van der Waals surface area contributed by atoms with Gasteiger partial charge in [0.25, 0.3) is 11.4 Å². The Morgan fingerprint density at radius 1 is 0.373 bits per heavy atom. The molecule has 0 heterocycles. The Balaban J connectivity index is 0.000000802. The number of hydrogen-bond acceptors (Lipinski definition) is 18. The number of ether oxygens (including phenoxy) is 7. The molecule has 0 bridgehead atoms. The van der Waals surface area contributed by atoms with Crippen molar-refractivity contribution in [1.82, 2.24) is 0 Å². The standard InChI is InChI=1S/C49H66N2O10.C49H81NO7/c1-31-20-32(22-35(41(31)54)45(2,3)4)21-34(26-50)43(56)60-29-48(11,12)27-58-39(52)18-16-17-19-40(53)59-28-49(13,14)30-61-44(57)38(51-15)25-33-23-36(46(5,6)7)42(55)37(24-33)47(8,9)10;1-12-14-16-18-20-21-23-25-29-38(28-24-22-19-17-15-13-2)35-55-43(51)30-26-27-31-44(52)56-36-49(9,10)37-57-46(54)42(50-11)34-39-32-40(47(3,4)5)45(53)41(33-39)48(6,7)8/h20-25,54-55H,16-19,27-30H2,1-14H3;32-34,38,53H,12-31,35-37H2,1-10H3. The van der Waals surface area contributed by atoms with Crippen molar-refractivity contribution in [2.75, 3.05) is 46.2 Å². The SMILES string of the molecule is [C-]#[N+]C(=Cc1cc(C(C)(C)C)c(O)c(C(C)(C)C)c1)C(=O)OCC(C)(C)COC(=O)CCCCC(=O)OCC(C)(C)COC(=O)C(C#N)=Cc1cc(C)c(O)c(C(C)(C)C)c1.[C-]#[N+]C(=Cc1cc(C(C)(C)C)c(O)c(C(C)(C)C)c1)C(=O)OCC(C)(C)COC(=O)CCCCC(=O)OCC(CCCCCCCC)CCCCCCCCCC. The van der Waals surface area contributed by atoms with Gasteiger partial charge in [0, 0.05) is 69.7 Å². The highest BCUT2D eigenvalue weighted by Gasteiger charge is 2.32. The normalized spacial score (nSPS) is 12.9. The third kappa shape index (κ3) is 40.7. The molecular weight excluding hydrogens is 1490 g/mol. The molecule has 0 spiro atoms. The lowest BCUT2D eigenvalue weighted by molar-refractivity contribution is -0.153. The largest absolute Gasteiger partial charge is 0.507 e. The summed E-state index contributed by atoms with van der Waals surface area (Å²) in [5.74, 6) is -2.92. The zero-order chi connectivity index (χ0) is 89.6. The van der Waals surface area contributed by atoms with Crippen LogP contribution in [0.4, 0.5) is 0 Å². The maximum absolute atomic E-state index is 13.0. The third-order valence-corrected chi connectivity index (χ3v) is 20.1. The summed E-state index contributed by atoms with van der Waals surface area (Å²) >= 11 is 0. The number of aryl methyl sites for hydroxylation is 1. The van der Waals surface area contributed by atoms with E-state index in [1.165, 1.54) is 108 Å². The number of phenols is 3. The average Bonchev–Trinajstić information content (AvgIpc) is 0.786. The van der Waals surface area contributed by atoms with Gasteiger partial charge in [0.2, 0.25) is 0 Å². The number of phenolic OH excluding ortho intramolecular Hbond substituents is 3. The lowest BCUT2D eigenvalue weighted by Gasteiger charge is -2.28. The van der Waals surface area contributed by atoms with Gasteiger partial charge < -0.3 is 48.5 Å². The molecule has 0 fully saturated rings. The fraction of sp³-hybridized carbons (Fsp3) is 0.653. The number of nitrogens with zero attached hydrogens (tertiary/aromatic N) is 3. The number of esters is 7. The summed E-state index contributed by atoms with van der Waals surface area (Å²) < 4.78 is 38.5. The molecule has 0 aliphatic carbocycles. The van der Waals surface area contributed by atoms with Gasteiger partial charge in [-0.3, -0.25) is 28.8 Å². The van der Waals surface area contributed by atoms with Crippen LogP contribution in [-0.2, 0) is 93.8 Å². The second-order valence-electron chi connectivity index (χ2n) is 39.4. The summed E-state index contributed by atoms with van der Waals surface area (Å²) in [6.45, 7) is 62.1. The highest BCUT2D eigenvalue weighted by Crippen LogP contribution is 2.43. The van der Waals surface area contributed by atoms with E-state index in [9.17, 15) is 54.1 Å². The van der Waals surface area contributed by atoms with Crippen LogP contribution in [0, 0.1) is 53.6 Å². The monoisotopic (exact) mass is 1640 g/mol. The fourth-order valence-electron chi connectivity index (χ4n) is 12.8. The van der Waals surface area contributed by atoms with E-state index >= 15 is 0 Å². The summed E-state index contributed by atoms with van der Waals surface area (Å²) in [7, 11) is 0. The highest BCUT2D eigenvalue weighted by atomic mass is 16.6. The first-order chi connectivity index (χ1) is 54.7. The molecule has 3 aromatic rings. The van der Waals surface area contributed by atoms with Crippen LogP contribution >= 0.6 is 0 Å². The molecule has 0 saturated heterocycles. The number of rotatable bonds is 46. The first kappa shape index (κ1) is 105. The van der Waals surface area contributed by atoms with Gasteiger partial charge in [-0.1, -0.05) is 249 Å². The van der Waals surface area contributed by atoms with Gasteiger partial charge in [0.1, 0.15) is 35.5 Å². The van der Waals surface area contributed by atoms with Gasteiger partial charge in [0.05, 0.1) is 52.8 Å². The van der Waals surface area contributed by atoms with Crippen molar-refractivity contribution >= 4 is 60.0 Å². The van der Waals surface area contributed by atoms with Crippen molar-refractivity contribution in [2.45, 2.75) is 347 Å². The molecule has 1 atom stereocenters. The van der Waals surface area contributed by atoms with Crippen LogP contribution in [0.25, 0.3) is 27.9 Å². The Bertz CT molecular complexity index is 3930. The van der Waals surface area contributed by atoms with Crippen molar-refractivity contribution in [3.63, 3.8) is 0 Å². The average molecular weight is 1640 g/mol. The number of aromatic hydroxyl groups is 3. The van der Waals surface area contributed by atoms with Gasteiger partial charge in [-0.15, -0.1) is 0 Å². The highest BCUT2D eigenvalue weighted by molar-refractivity contribution is 5.98. The van der Waals surface area contributed by atoms with Crippen LogP contribution in [0.5, 0.6) is 17.2 Å². The Hall–Kier alpha value is -8.96. The predicted molar refractivity (Wildman–Crippen MR) is 469 cm³/mol. The van der Waals surface area contributed by atoms with E-state index in [2.05, 4.69) is 23.5 Å². The van der Waals surface area contributed by atoms with Gasteiger partial charge in [-0.25, -0.2) is 14.5 Å². The Morgan fingerprint density at radius 3 is 0.924 bits per heavy atom. The number of carbonyl (C=O) groups excluding carboxylic acids is 7. The lowest BCUT2D eigenvalue weighted by Crippen LogP contribution is -2.29. The van der Waals surface area contributed by atoms with Crippen molar-refractivity contribution in [3.8, 4) is 23.3 Å². The number of unbranched alkanes of at least 4 members (excludes halogenated alkanes) is 14. The van der Waals surface area contributed by atoms with Gasteiger partial charge >= 0.3 is 41.8 Å². The molecule has 0 saturated carbocycles. The smallest absolute Gasteiger partial charge is 0.348 e. The quantitative estimate of drug-likeness (QED) is 0.0118. The summed E-state index contributed by atoms with van der Waals surface area (Å²) in [4.78, 5) is 95.8. The van der Waals surface area contributed by atoms with E-state index in [-0.39, 0.29) is 128 Å². The van der Waals surface area contributed by atoms with E-state index in [1.54, 1.807) is 58.9 Å². The Labute approximate surface area is 709 Å². The van der Waals surface area contributed by atoms with E-state index in [1.807, 2.05) is 136 Å². The second-order valence-corrected chi connectivity index (χ2v) is 39.4. The zero-order valence-corrected chi connectivity index (χ0v) is 76.6. The lowest BCUT2D eigenvalue weighted by atomic mass is 9.78. The number of benzene rings is 3. The number of hydrogen-bond donors (Lipinski definition) is 3. The molecule has 656 valence electrons.